The molecule has 1 aromatic heterocycles. The minimum atomic E-state index is -3.54. The monoisotopic (exact) mass is 323 g/mol. The molecule has 0 aliphatic rings. The molecule has 0 unspecified atom stereocenters. The molecular formula is C15H21N3O3S. The average molecular weight is 323 g/mol. The number of nitrogens with one attached hydrogen (secondary N) is 1. The van der Waals surface area contributed by atoms with Gasteiger partial charge in [-0.3, -0.25) is 14.2 Å². The maximum atomic E-state index is 12.6. The van der Waals surface area contributed by atoms with E-state index in [0.717, 1.165) is 0 Å². The lowest BCUT2D eigenvalue weighted by Crippen LogP contribution is -2.25. The standard InChI is InChI=1S/C15H21N3O3S/c1-11(2)10-22(20,21)16-14-12(3)17(4)18(15(14)19)13-8-6-5-7-9-13/h5-9,11,16H,10H2,1-4H3. The maximum absolute atomic E-state index is 12.6. The number of hydrogen-bond donors (Lipinski definition) is 1. The third-order valence-electron chi connectivity index (χ3n) is 3.36. The normalized spacial score (nSPS) is 11.9. The first-order valence-corrected chi connectivity index (χ1v) is 8.72. The molecule has 22 heavy (non-hydrogen) atoms. The molecule has 120 valence electrons. The Hall–Kier alpha value is -2.02. The van der Waals surface area contributed by atoms with Crippen LogP contribution in [0.1, 0.15) is 19.5 Å². The van der Waals surface area contributed by atoms with Crippen LogP contribution in [0, 0.1) is 12.8 Å². The molecule has 0 aliphatic heterocycles. The highest BCUT2D eigenvalue weighted by Gasteiger charge is 2.21. The zero-order chi connectivity index (χ0) is 16.5. The summed E-state index contributed by atoms with van der Waals surface area (Å²) in [5.41, 5.74) is 0.985. The van der Waals surface area contributed by atoms with Crippen molar-refractivity contribution < 1.29 is 8.42 Å². The number of para-hydroxylation sites is 1. The fourth-order valence-corrected chi connectivity index (χ4v) is 3.83. The predicted octanol–water partition coefficient (Wildman–Crippen LogP) is 1.88. The average Bonchev–Trinajstić information content (AvgIpc) is 2.62. The summed E-state index contributed by atoms with van der Waals surface area (Å²) in [6, 6.07) is 9.11. The van der Waals surface area contributed by atoms with Crippen molar-refractivity contribution in [2.75, 3.05) is 10.5 Å². The molecule has 0 saturated heterocycles. The quantitative estimate of drug-likeness (QED) is 0.913. The Morgan fingerprint density at radius 3 is 2.32 bits per heavy atom. The highest BCUT2D eigenvalue weighted by molar-refractivity contribution is 7.92. The first kappa shape index (κ1) is 16.4. The van der Waals surface area contributed by atoms with Crippen LogP contribution in [0.2, 0.25) is 0 Å². The molecule has 1 N–H and O–H groups in total. The molecule has 0 amide bonds. The second kappa shape index (κ2) is 6.00. The molecule has 1 aromatic carbocycles. The van der Waals surface area contributed by atoms with Crippen LogP contribution in [0.25, 0.3) is 5.69 Å². The summed E-state index contributed by atoms with van der Waals surface area (Å²) < 4.78 is 29.7. The first-order valence-electron chi connectivity index (χ1n) is 7.07. The number of benzene rings is 1. The van der Waals surface area contributed by atoms with Crippen LogP contribution >= 0.6 is 0 Å². The minimum Gasteiger partial charge on any atom is -0.283 e. The predicted molar refractivity (Wildman–Crippen MR) is 88.0 cm³/mol. The second-order valence-corrected chi connectivity index (χ2v) is 7.48. The van der Waals surface area contributed by atoms with Crippen molar-refractivity contribution in [3.05, 3.63) is 46.4 Å². The van der Waals surface area contributed by atoms with Crippen molar-refractivity contribution in [2.24, 2.45) is 13.0 Å². The van der Waals surface area contributed by atoms with Crippen LogP contribution in [0.3, 0.4) is 0 Å². The van der Waals surface area contributed by atoms with Gasteiger partial charge in [0.05, 0.1) is 17.1 Å². The van der Waals surface area contributed by atoms with Crippen LogP contribution < -0.4 is 10.3 Å². The Morgan fingerprint density at radius 2 is 1.77 bits per heavy atom. The van der Waals surface area contributed by atoms with Crippen LogP contribution in [-0.2, 0) is 17.1 Å². The van der Waals surface area contributed by atoms with Gasteiger partial charge in [0.1, 0.15) is 5.69 Å². The Labute approximate surface area is 130 Å². The minimum absolute atomic E-state index is 0.0159. The number of sulfonamides is 1. The highest BCUT2D eigenvalue weighted by atomic mass is 32.2. The molecule has 2 rings (SSSR count). The van der Waals surface area contributed by atoms with E-state index in [1.807, 2.05) is 32.0 Å². The molecule has 0 fully saturated rings. The summed E-state index contributed by atoms with van der Waals surface area (Å²) in [6.45, 7) is 5.35. The van der Waals surface area contributed by atoms with Gasteiger partial charge in [-0.15, -0.1) is 0 Å². The molecule has 7 heteroatoms. The number of hydrogen-bond acceptors (Lipinski definition) is 3. The summed E-state index contributed by atoms with van der Waals surface area (Å²) >= 11 is 0. The van der Waals surface area contributed by atoms with E-state index in [0.29, 0.717) is 11.4 Å². The van der Waals surface area contributed by atoms with Crippen molar-refractivity contribution in [1.82, 2.24) is 9.36 Å². The van der Waals surface area contributed by atoms with Gasteiger partial charge in [-0.05, 0) is 25.0 Å². The van der Waals surface area contributed by atoms with E-state index < -0.39 is 10.0 Å². The van der Waals surface area contributed by atoms with Gasteiger partial charge in [0, 0.05) is 7.05 Å². The van der Waals surface area contributed by atoms with Crippen molar-refractivity contribution in [2.45, 2.75) is 20.8 Å². The number of aromatic nitrogens is 2. The lowest BCUT2D eigenvalue weighted by atomic mass is 10.3. The van der Waals surface area contributed by atoms with E-state index in [2.05, 4.69) is 4.72 Å². The van der Waals surface area contributed by atoms with Crippen molar-refractivity contribution in [3.8, 4) is 5.69 Å². The Morgan fingerprint density at radius 1 is 1.18 bits per heavy atom. The van der Waals surface area contributed by atoms with Gasteiger partial charge in [-0.1, -0.05) is 32.0 Å². The number of rotatable bonds is 5. The summed E-state index contributed by atoms with van der Waals surface area (Å²) in [6.07, 6.45) is 0. The molecule has 0 aliphatic carbocycles. The smallest absolute Gasteiger partial charge is 0.283 e. The summed E-state index contributed by atoms with van der Waals surface area (Å²) in [5, 5.41) is 0. The molecule has 2 aromatic rings. The maximum Gasteiger partial charge on any atom is 0.296 e. The number of anilines is 1. The van der Waals surface area contributed by atoms with Crippen LogP contribution in [-0.4, -0.2) is 23.5 Å². The van der Waals surface area contributed by atoms with Crippen molar-refractivity contribution >= 4 is 15.7 Å². The summed E-state index contributed by atoms with van der Waals surface area (Å²) in [5.74, 6) is -0.0376. The molecule has 0 atom stereocenters. The van der Waals surface area contributed by atoms with E-state index in [-0.39, 0.29) is 22.9 Å². The van der Waals surface area contributed by atoms with E-state index in [9.17, 15) is 13.2 Å². The Balaban J connectivity index is 2.50. The van der Waals surface area contributed by atoms with Crippen LogP contribution in [0.4, 0.5) is 5.69 Å². The third-order valence-corrected chi connectivity index (χ3v) is 4.99. The molecule has 0 bridgehead atoms. The Bertz CT molecular complexity index is 818. The second-order valence-electron chi connectivity index (χ2n) is 5.71. The first-order chi connectivity index (χ1) is 10.2. The fourth-order valence-electron chi connectivity index (χ4n) is 2.32. The third kappa shape index (κ3) is 3.24. The molecule has 1 heterocycles. The largest absolute Gasteiger partial charge is 0.296 e. The van der Waals surface area contributed by atoms with E-state index >= 15 is 0 Å². The van der Waals surface area contributed by atoms with Gasteiger partial charge in [-0.25, -0.2) is 13.1 Å². The van der Waals surface area contributed by atoms with Gasteiger partial charge in [0.25, 0.3) is 5.56 Å². The van der Waals surface area contributed by atoms with Gasteiger partial charge < -0.3 is 0 Å². The molecule has 0 spiro atoms. The molecule has 6 nitrogen and oxygen atoms in total. The SMILES string of the molecule is Cc1c(NS(=O)(=O)CC(C)C)c(=O)n(-c2ccccc2)n1C. The van der Waals surface area contributed by atoms with Gasteiger partial charge >= 0.3 is 0 Å². The molecule has 0 radical (unpaired) electrons. The van der Waals surface area contributed by atoms with Crippen LogP contribution in [0.15, 0.2) is 35.1 Å². The Kier molecular flexibility index (Phi) is 4.46. The molecule has 0 saturated carbocycles. The van der Waals surface area contributed by atoms with Gasteiger partial charge in [-0.2, -0.15) is 0 Å². The zero-order valence-electron chi connectivity index (χ0n) is 13.2. The topological polar surface area (TPSA) is 73.1 Å². The van der Waals surface area contributed by atoms with Crippen molar-refractivity contribution in [3.63, 3.8) is 0 Å². The van der Waals surface area contributed by atoms with E-state index in [4.69, 9.17) is 0 Å². The number of nitrogens with zero attached hydrogens (tertiary/aromatic N) is 2. The lowest BCUT2D eigenvalue weighted by molar-refractivity contribution is 0.587. The van der Waals surface area contributed by atoms with E-state index in [1.54, 1.807) is 30.8 Å². The highest BCUT2D eigenvalue weighted by Crippen LogP contribution is 2.15. The van der Waals surface area contributed by atoms with Crippen LogP contribution in [0.5, 0.6) is 0 Å². The van der Waals surface area contributed by atoms with E-state index in [1.165, 1.54) is 4.68 Å². The lowest BCUT2D eigenvalue weighted by Gasteiger charge is -2.08. The zero-order valence-corrected chi connectivity index (χ0v) is 14.0. The van der Waals surface area contributed by atoms with Gasteiger partial charge in [0.15, 0.2) is 0 Å². The van der Waals surface area contributed by atoms with Gasteiger partial charge in [0.2, 0.25) is 10.0 Å². The molecular weight excluding hydrogens is 302 g/mol. The van der Waals surface area contributed by atoms with Crippen molar-refractivity contribution in [1.29, 1.82) is 0 Å². The summed E-state index contributed by atoms with van der Waals surface area (Å²) in [7, 11) is -1.81. The summed E-state index contributed by atoms with van der Waals surface area (Å²) in [4.78, 5) is 12.6. The fraction of sp³-hybridized carbons (Fsp3) is 0.400.